The highest BCUT2D eigenvalue weighted by Gasteiger charge is 2.54. The molecule has 1 aromatic rings. The van der Waals surface area contributed by atoms with Crippen LogP contribution in [0.3, 0.4) is 0 Å². The number of benzene rings is 1. The van der Waals surface area contributed by atoms with Crippen LogP contribution in [0, 0.1) is 0 Å². The van der Waals surface area contributed by atoms with Crippen molar-refractivity contribution in [2.24, 2.45) is 0 Å². The Morgan fingerprint density at radius 3 is 2.31 bits per heavy atom. The quantitative estimate of drug-likeness (QED) is 0.507. The molecule has 0 aliphatic carbocycles. The Kier molecular flexibility index (Phi) is 5.35. The number of rotatable bonds is 3. The van der Waals surface area contributed by atoms with Crippen molar-refractivity contribution in [3.05, 3.63) is 35.9 Å². The molecule has 0 radical (unpaired) electrons. The monoisotopic (exact) mass is 410 g/mol. The van der Waals surface area contributed by atoms with Crippen LogP contribution in [0.25, 0.3) is 0 Å². The lowest BCUT2D eigenvalue weighted by Crippen LogP contribution is -2.64. The van der Waals surface area contributed by atoms with Gasteiger partial charge in [-0.1, -0.05) is 30.3 Å². The molecule has 11 atom stereocenters. The zero-order valence-electron chi connectivity index (χ0n) is 15.7. The molecule has 4 aliphatic rings. The molecular weight excluding hydrogens is 384 g/mol. The summed E-state index contributed by atoms with van der Waals surface area (Å²) in [6.07, 6.45) is -8.61. The molecule has 4 saturated heterocycles. The van der Waals surface area contributed by atoms with Crippen molar-refractivity contribution in [2.45, 2.75) is 80.4 Å². The average Bonchev–Trinajstić information content (AvgIpc) is 3.20. The molecule has 29 heavy (non-hydrogen) atoms. The van der Waals surface area contributed by atoms with Gasteiger partial charge in [-0.3, -0.25) is 0 Å². The SMILES string of the molecule is OC1C2CCC(O2)C(OC2OC3COC(c4ccccc4)OC3C(O)C2O)C1O. The molecule has 160 valence electrons. The van der Waals surface area contributed by atoms with Crippen LogP contribution in [0.5, 0.6) is 0 Å². The highest BCUT2D eigenvalue weighted by Crippen LogP contribution is 2.38. The predicted molar refractivity (Wildman–Crippen MR) is 95.5 cm³/mol. The topological polar surface area (TPSA) is 127 Å². The van der Waals surface area contributed by atoms with E-state index in [1.54, 1.807) is 0 Å². The van der Waals surface area contributed by atoms with Gasteiger partial charge in [-0.2, -0.15) is 0 Å². The zero-order chi connectivity index (χ0) is 20.1. The van der Waals surface area contributed by atoms with Gasteiger partial charge in [0.05, 0.1) is 18.8 Å². The summed E-state index contributed by atoms with van der Waals surface area (Å²) in [7, 11) is 0. The van der Waals surface area contributed by atoms with E-state index in [9.17, 15) is 20.4 Å². The van der Waals surface area contributed by atoms with Crippen LogP contribution in [0.2, 0.25) is 0 Å². The number of aliphatic hydroxyl groups is 4. The van der Waals surface area contributed by atoms with Crippen LogP contribution < -0.4 is 0 Å². The van der Waals surface area contributed by atoms with Gasteiger partial charge in [-0.15, -0.1) is 0 Å². The maximum absolute atomic E-state index is 10.7. The molecule has 0 aromatic heterocycles. The second-order valence-electron chi connectivity index (χ2n) is 8.07. The number of aliphatic hydroxyl groups excluding tert-OH is 4. The fourth-order valence-electron chi connectivity index (χ4n) is 4.61. The largest absolute Gasteiger partial charge is 0.388 e. The molecule has 2 bridgehead atoms. The van der Waals surface area contributed by atoms with E-state index >= 15 is 0 Å². The van der Waals surface area contributed by atoms with Gasteiger partial charge in [-0.25, -0.2) is 0 Å². The third-order valence-electron chi connectivity index (χ3n) is 6.22. The first-order valence-electron chi connectivity index (χ1n) is 10.0. The highest BCUT2D eigenvalue weighted by atomic mass is 16.8. The third kappa shape index (κ3) is 3.50. The van der Waals surface area contributed by atoms with Gasteiger partial charge >= 0.3 is 0 Å². The van der Waals surface area contributed by atoms with Gasteiger partial charge in [0.25, 0.3) is 0 Å². The van der Waals surface area contributed by atoms with Crippen molar-refractivity contribution in [3.63, 3.8) is 0 Å². The van der Waals surface area contributed by atoms with E-state index in [2.05, 4.69) is 0 Å². The van der Waals surface area contributed by atoms with E-state index in [0.717, 1.165) is 5.56 Å². The van der Waals surface area contributed by atoms with Gasteiger partial charge in [0.1, 0.15) is 42.7 Å². The number of hydrogen-bond acceptors (Lipinski definition) is 9. The molecule has 9 nitrogen and oxygen atoms in total. The Morgan fingerprint density at radius 2 is 1.52 bits per heavy atom. The van der Waals surface area contributed by atoms with E-state index in [1.165, 1.54) is 0 Å². The van der Waals surface area contributed by atoms with E-state index in [1.807, 2.05) is 30.3 Å². The molecule has 4 aliphatic heterocycles. The molecule has 9 heteroatoms. The van der Waals surface area contributed by atoms with Gasteiger partial charge in [-0.05, 0) is 12.8 Å². The Morgan fingerprint density at radius 1 is 0.759 bits per heavy atom. The molecule has 4 fully saturated rings. The second kappa shape index (κ2) is 7.84. The zero-order valence-corrected chi connectivity index (χ0v) is 15.7. The van der Waals surface area contributed by atoms with Crippen molar-refractivity contribution in [3.8, 4) is 0 Å². The van der Waals surface area contributed by atoms with Crippen molar-refractivity contribution < 1.29 is 44.1 Å². The van der Waals surface area contributed by atoms with E-state index in [0.29, 0.717) is 12.8 Å². The third-order valence-corrected chi connectivity index (χ3v) is 6.22. The number of fused-ring (bicyclic) bond motifs is 3. The summed E-state index contributed by atoms with van der Waals surface area (Å²) in [5.41, 5.74) is 0.804. The predicted octanol–water partition coefficient (Wildman–Crippen LogP) is -0.784. The first-order valence-corrected chi connectivity index (χ1v) is 10.0. The van der Waals surface area contributed by atoms with E-state index < -0.39 is 67.5 Å². The highest BCUT2D eigenvalue weighted by molar-refractivity contribution is 5.16. The lowest BCUT2D eigenvalue weighted by atomic mass is 9.97. The first kappa shape index (κ1) is 19.8. The lowest BCUT2D eigenvalue weighted by molar-refractivity contribution is -0.376. The summed E-state index contributed by atoms with van der Waals surface area (Å²) in [4.78, 5) is 0. The summed E-state index contributed by atoms with van der Waals surface area (Å²) in [5.74, 6) is 0. The fourth-order valence-corrected chi connectivity index (χ4v) is 4.61. The maximum atomic E-state index is 10.7. The van der Waals surface area contributed by atoms with E-state index in [-0.39, 0.29) is 6.61 Å². The van der Waals surface area contributed by atoms with Gasteiger partial charge in [0, 0.05) is 5.56 Å². The van der Waals surface area contributed by atoms with Crippen molar-refractivity contribution in [2.75, 3.05) is 6.61 Å². The van der Waals surface area contributed by atoms with Gasteiger partial charge < -0.3 is 44.1 Å². The average molecular weight is 410 g/mol. The molecule has 1 aromatic carbocycles. The van der Waals surface area contributed by atoms with Crippen LogP contribution in [-0.2, 0) is 23.7 Å². The smallest absolute Gasteiger partial charge is 0.187 e. The minimum absolute atomic E-state index is 0.145. The van der Waals surface area contributed by atoms with Crippen molar-refractivity contribution in [1.82, 2.24) is 0 Å². The molecule has 4 N–H and O–H groups in total. The molecule has 0 amide bonds. The van der Waals surface area contributed by atoms with Crippen LogP contribution in [0.1, 0.15) is 24.7 Å². The molecule has 0 spiro atoms. The molecular formula is C20H26O9. The summed E-state index contributed by atoms with van der Waals surface area (Å²) in [6, 6.07) is 9.31. The minimum Gasteiger partial charge on any atom is -0.388 e. The Balaban J connectivity index is 1.27. The molecule has 0 saturated carbocycles. The summed E-state index contributed by atoms with van der Waals surface area (Å²) < 4.78 is 28.9. The van der Waals surface area contributed by atoms with Crippen LogP contribution in [0.15, 0.2) is 30.3 Å². The summed E-state index contributed by atoms with van der Waals surface area (Å²) in [6.45, 7) is 0.145. The van der Waals surface area contributed by atoms with Crippen LogP contribution in [0.4, 0.5) is 0 Å². The molecule has 4 heterocycles. The van der Waals surface area contributed by atoms with E-state index in [4.69, 9.17) is 23.7 Å². The van der Waals surface area contributed by atoms with Crippen LogP contribution in [-0.4, -0.2) is 88.3 Å². The Hall–Kier alpha value is -1.14. The van der Waals surface area contributed by atoms with Gasteiger partial charge in [0.2, 0.25) is 0 Å². The summed E-state index contributed by atoms with van der Waals surface area (Å²) in [5, 5.41) is 41.8. The number of ether oxygens (including phenoxy) is 5. The normalized spacial score (nSPS) is 49.6. The molecule has 11 unspecified atom stereocenters. The summed E-state index contributed by atoms with van der Waals surface area (Å²) >= 11 is 0. The van der Waals surface area contributed by atoms with Gasteiger partial charge in [0.15, 0.2) is 12.6 Å². The first-order chi connectivity index (χ1) is 14.0. The Labute approximate surface area is 167 Å². The number of hydrogen-bond donors (Lipinski definition) is 4. The van der Waals surface area contributed by atoms with Crippen LogP contribution >= 0.6 is 0 Å². The minimum atomic E-state index is -1.39. The maximum Gasteiger partial charge on any atom is 0.187 e. The second-order valence-corrected chi connectivity index (χ2v) is 8.07. The van der Waals surface area contributed by atoms with Crippen molar-refractivity contribution >= 4 is 0 Å². The fraction of sp³-hybridized carbons (Fsp3) is 0.700. The Bertz CT molecular complexity index is 700. The lowest BCUT2D eigenvalue weighted by Gasteiger charge is -2.48. The standard InChI is InChI=1S/C20H26O9/c21-13-10-6-7-11(26-10)17(14(13)22)29-20-16(24)15(23)18-12(27-20)8-25-19(28-18)9-4-2-1-3-5-9/h1-5,10-24H,6-8H2. The van der Waals surface area contributed by atoms with Crippen molar-refractivity contribution in [1.29, 1.82) is 0 Å². The molecule has 5 rings (SSSR count).